The minimum atomic E-state index is -1.22. The number of halogens is 1. The Balaban J connectivity index is 1.58. The Morgan fingerprint density at radius 2 is 1.96 bits per heavy atom. The van der Waals surface area contributed by atoms with Crippen molar-refractivity contribution in [3.8, 4) is 5.75 Å². The van der Waals surface area contributed by atoms with Gasteiger partial charge in [-0.25, -0.2) is 19.7 Å². The Labute approximate surface area is 161 Å². The highest BCUT2D eigenvalue weighted by Crippen LogP contribution is 2.42. The molecule has 2 aromatic carbocycles. The van der Waals surface area contributed by atoms with Crippen LogP contribution >= 0.6 is 0 Å². The van der Waals surface area contributed by atoms with Crippen molar-refractivity contribution in [1.29, 1.82) is 0 Å². The van der Waals surface area contributed by atoms with E-state index in [2.05, 4.69) is 21.1 Å². The van der Waals surface area contributed by atoms with Crippen LogP contribution in [0.2, 0.25) is 0 Å². The highest BCUT2D eigenvalue weighted by molar-refractivity contribution is 5.85. The average molecular weight is 381 g/mol. The van der Waals surface area contributed by atoms with E-state index in [0.717, 1.165) is 28.5 Å². The largest absolute Gasteiger partial charge is 0.471 e. The fourth-order valence-corrected chi connectivity index (χ4v) is 3.69. The number of rotatable bonds is 3. The molecule has 1 unspecified atom stereocenters. The molecule has 0 amide bonds. The number of benzene rings is 2. The third-order valence-corrected chi connectivity index (χ3v) is 5.08. The second-order valence-electron chi connectivity index (χ2n) is 7.13. The van der Waals surface area contributed by atoms with E-state index in [9.17, 15) is 4.39 Å². The molecule has 7 nitrogen and oxygen atoms in total. The number of fused-ring (bicyclic) bond motifs is 3. The molecule has 2 bridgehead atoms. The number of ether oxygens (including phenoxy) is 1. The predicted octanol–water partition coefficient (Wildman–Crippen LogP) is 3.58. The molecule has 3 aliphatic heterocycles. The van der Waals surface area contributed by atoms with Gasteiger partial charge < -0.3 is 15.4 Å². The Morgan fingerprint density at radius 1 is 1.18 bits per heavy atom. The van der Waals surface area contributed by atoms with E-state index in [-0.39, 0.29) is 5.82 Å². The van der Waals surface area contributed by atoms with E-state index in [1.54, 1.807) is 32.2 Å². The zero-order chi connectivity index (χ0) is 19.5. The molecule has 28 heavy (non-hydrogen) atoms. The maximum Gasteiger partial charge on any atom is 0.351 e. The smallest absolute Gasteiger partial charge is 0.351 e. The molecular weight excluding hydrogens is 361 g/mol. The first-order valence-corrected chi connectivity index (χ1v) is 9.03. The van der Waals surface area contributed by atoms with Crippen LogP contribution in [0.15, 0.2) is 46.7 Å². The highest BCUT2D eigenvalue weighted by Gasteiger charge is 2.49. The monoisotopic (exact) mass is 381 g/mol. The van der Waals surface area contributed by atoms with E-state index in [1.165, 1.54) is 0 Å². The fraction of sp³-hybridized carbons (Fsp3) is 0.250. The summed E-state index contributed by atoms with van der Waals surface area (Å²) in [4.78, 5) is 12.5. The second-order valence-corrected chi connectivity index (χ2v) is 7.13. The van der Waals surface area contributed by atoms with Gasteiger partial charge in [-0.2, -0.15) is 0 Å². The molecule has 1 atom stereocenters. The van der Waals surface area contributed by atoms with Crippen LogP contribution in [-0.4, -0.2) is 18.9 Å². The summed E-state index contributed by atoms with van der Waals surface area (Å²) in [7, 11) is 0. The van der Waals surface area contributed by atoms with Gasteiger partial charge in [0.1, 0.15) is 17.4 Å². The van der Waals surface area contributed by atoms with Crippen molar-refractivity contribution in [2.75, 3.05) is 22.3 Å². The lowest BCUT2D eigenvalue weighted by Crippen LogP contribution is -2.51. The lowest BCUT2D eigenvalue weighted by atomic mass is 10.1. The number of hydroxylamine groups is 1. The van der Waals surface area contributed by atoms with Crippen LogP contribution in [0.4, 0.5) is 21.5 Å². The quantitative estimate of drug-likeness (QED) is 0.755. The molecule has 1 fully saturated rings. The van der Waals surface area contributed by atoms with Crippen LogP contribution in [0.3, 0.4) is 0 Å². The Morgan fingerprint density at radius 3 is 2.75 bits per heavy atom. The maximum atomic E-state index is 14.1. The molecule has 144 valence electrons. The number of nitrogens with one attached hydrogen (secondary N) is 3. The average Bonchev–Trinajstić information content (AvgIpc) is 3.24. The van der Waals surface area contributed by atoms with Gasteiger partial charge >= 0.3 is 5.97 Å². The van der Waals surface area contributed by atoms with Gasteiger partial charge in [-0.1, -0.05) is 0 Å². The number of hydrogen-bond donors (Lipinski definition) is 3. The molecule has 0 spiro atoms. The van der Waals surface area contributed by atoms with E-state index >= 15 is 0 Å². The zero-order valence-electron chi connectivity index (χ0n) is 15.8. The topological polar surface area (TPSA) is 70.2 Å². The number of nitrogens with zero attached hydrogens (tertiary/aromatic N) is 2. The summed E-state index contributed by atoms with van der Waals surface area (Å²) in [5.74, 6) is 0.165. The molecule has 1 saturated heterocycles. The number of aryl methyl sites for hydroxylation is 2. The third kappa shape index (κ3) is 2.41. The predicted molar refractivity (Wildman–Crippen MR) is 106 cm³/mol. The highest BCUT2D eigenvalue weighted by atomic mass is 19.1. The van der Waals surface area contributed by atoms with Gasteiger partial charge in [-0.3, -0.25) is 4.90 Å². The van der Waals surface area contributed by atoms with Gasteiger partial charge in [-0.15, -0.1) is 0 Å². The SMILES string of the molecule is CC1=C2NOC(Nc3cc(C)c(F)c(C)c3)(N=C1)N2c1ccc2c(c1)NCO2. The first-order chi connectivity index (χ1) is 13.5. The number of allylic oxidation sites excluding steroid dienone is 1. The summed E-state index contributed by atoms with van der Waals surface area (Å²) in [5.41, 5.74) is 7.52. The summed E-state index contributed by atoms with van der Waals surface area (Å²) >= 11 is 0. The second kappa shape index (κ2) is 5.87. The van der Waals surface area contributed by atoms with Crippen molar-refractivity contribution in [3.63, 3.8) is 0 Å². The van der Waals surface area contributed by atoms with Crippen molar-refractivity contribution in [2.24, 2.45) is 4.99 Å². The summed E-state index contributed by atoms with van der Waals surface area (Å²) in [6.45, 7) is 5.88. The molecule has 2 aromatic rings. The molecule has 0 aliphatic carbocycles. The standard InChI is InChI=1S/C20H20FN5O2/c1-11-6-14(7-12(2)18(11)21)24-20-23-9-13(3)19(25-28-20)26(20)15-4-5-17-16(8-15)22-10-27-17/h4-9,22,24-25H,10H2,1-3H3. The van der Waals surface area contributed by atoms with Crippen molar-refractivity contribution < 1.29 is 14.0 Å². The van der Waals surface area contributed by atoms with E-state index in [4.69, 9.17) is 9.57 Å². The van der Waals surface area contributed by atoms with E-state index in [0.29, 0.717) is 23.5 Å². The molecule has 0 aromatic heterocycles. The number of aliphatic imine (C=N–C) groups is 1. The van der Waals surface area contributed by atoms with Crippen LogP contribution in [0.1, 0.15) is 18.1 Å². The fourth-order valence-electron chi connectivity index (χ4n) is 3.69. The molecule has 0 radical (unpaired) electrons. The van der Waals surface area contributed by atoms with Crippen molar-refractivity contribution >= 4 is 23.3 Å². The first kappa shape index (κ1) is 16.9. The Hall–Kier alpha value is -3.26. The van der Waals surface area contributed by atoms with Gasteiger partial charge in [0.2, 0.25) is 0 Å². The first-order valence-electron chi connectivity index (χ1n) is 9.03. The number of hydrogen-bond acceptors (Lipinski definition) is 7. The van der Waals surface area contributed by atoms with Crippen molar-refractivity contribution in [2.45, 2.75) is 26.7 Å². The lowest BCUT2D eigenvalue weighted by Gasteiger charge is -2.36. The maximum absolute atomic E-state index is 14.1. The summed E-state index contributed by atoms with van der Waals surface area (Å²) in [6, 6.07) is 9.35. The molecule has 3 aliphatic rings. The van der Waals surface area contributed by atoms with Gasteiger partial charge in [0, 0.05) is 17.5 Å². The lowest BCUT2D eigenvalue weighted by molar-refractivity contribution is -0.0214. The molecule has 5 rings (SSSR count). The number of anilines is 3. The minimum absolute atomic E-state index is 0.210. The minimum Gasteiger partial charge on any atom is -0.471 e. The summed E-state index contributed by atoms with van der Waals surface area (Å²) < 4.78 is 19.6. The molecule has 3 N–H and O–H groups in total. The van der Waals surface area contributed by atoms with Gasteiger partial charge in [0.25, 0.3) is 0 Å². The van der Waals surface area contributed by atoms with E-state index in [1.807, 2.05) is 30.0 Å². The normalized spacial score (nSPS) is 21.9. The summed E-state index contributed by atoms with van der Waals surface area (Å²) in [6.07, 6.45) is 1.76. The van der Waals surface area contributed by atoms with Crippen LogP contribution in [0, 0.1) is 19.7 Å². The van der Waals surface area contributed by atoms with Crippen molar-refractivity contribution in [1.82, 2.24) is 5.48 Å². The summed E-state index contributed by atoms with van der Waals surface area (Å²) in [5, 5.41) is 6.52. The zero-order valence-corrected chi connectivity index (χ0v) is 15.8. The Bertz CT molecular complexity index is 1030. The van der Waals surface area contributed by atoms with Crippen LogP contribution in [-0.2, 0) is 4.84 Å². The van der Waals surface area contributed by atoms with Gasteiger partial charge in [-0.05, 0) is 62.2 Å². The molecule has 8 heteroatoms. The molecule has 0 saturated carbocycles. The van der Waals surface area contributed by atoms with Crippen LogP contribution in [0.25, 0.3) is 0 Å². The molecular formula is C20H20FN5O2. The third-order valence-electron chi connectivity index (χ3n) is 5.08. The van der Waals surface area contributed by atoms with Crippen LogP contribution < -0.4 is 25.8 Å². The van der Waals surface area contributed by atoms with Crippen molar-refractivity contribution in [3.05, 3.63) is 58.7 Å². The van der Waals surface area contributed by atoms with Crippen LogP contribution in [0.5, 0.6) is 5.75 Å². The van der Waals surface area contributed by atoms with Gasteiger partial charge in [0.05, 0.1) is 11.4 Å². The van der Waals surface area contributed by atoms with Gasteiger partial charge in [0.15, 0.2) is 6.73 Å². The Kier molecular flexibility index (Phi) is 3.54. The van der Waals surface area contributed by atoms with E-state index < -0.39 is 5.97 Å². The molecule has 3 heterocycles.